The van der Waals surface area contributed by atoms with E-state index < -0.39 is 29.0 Å². The third-order valence-corrected chi connectivity index (χ3v) is 4.52. The van der Waals surface area contributed by atoms with Gasteiger partial charge in [-0.3, -0.25) is 10.1 Å². The molecule has 0 bridgehead atoms. The minimum atomic E-state index is -2.75. The molecule has 1 heterocycles. The number of nitrogens with zero attached hydrogens (tertiary/aromatic N) is 2. The number of hydrogen-bond acceptors (Lipinski definition) is 5. The Morgan fingerprint density at radius 1 is 1.20 bits per heavy atom. The summed E-state index contributed by atoms with van der Waals surface area (Å²) in [5, 5.41) is 14.7. The van der Waals surface area contributed by atoms with Crippen molar-refractivity contribution in [3.05, 3.63) is 80.3 Å². The molecule has 128 valence electrons. The van der Waals surface area contributed by atoms with Crippen molar-refractivity contribution < 1.29 is 18.9 Å². The number of rotatable bonds is 5. The Morgan fingerprint density at radius 3 is 2.44 bits per heavy atom. The molecule has 2 atom stereocenters. The van der Waals surface area contributed by atoms with Crippen molar-refractivity contribution >= 4 is 27.6 Å². The lowest BCUT2D eigenvalue weighted by atomic mass is 9.78. The normalized spacial score (nSPS) is 20.7. The number of alkyl halides is 1. The minimum Gasteiger partial charge on any atom is -0.314 e. The van der Waals surface area contributed by atoms with E-state index in [2.05, 4.69) is 25.9 Å². The molecule has 8 heteroatoms. The summed E-state index contributed by atoms with van der Waals surface area (Å²) in [5.41, 5.74) is -2.37. The van der Waals surface area contributed by atoms with Crippen LogP contribution in [-0.4, -0.2) is 28.8 Å². The van der Waals surface area contributed by atoms with Gasteiger partial charge < -0.3 is 4.84 Å². The van der Waals surface area contributed by atoms with Gasteiger partial charge in [0.1, 0.15) is 5.71 Å². The van der Waals surface area contributed by atoms with Crippen LogP contribution in [0.2, 0.25) is 0 Å². The molecule has 0 N–H and O–H groups in total. The third-order valence-electron chi connectivity index (χ3n) is 3.99. The molecule has 3 rings (SSSR count). The monoisotopic (exact) mass is 406 g/mol. The van der Waals surface area contributed by atoms with E-state index in [1.165, 1.54) is 0 Å². The Kier molecular flexibility index (Phi) is 4.63. The number of benzene rings is 2. The lowest BCUT2D eigenvalue weighted by molar-refractivity contribution is -0.485. The first-order valence-corrected chi connectivity index (χ1v) is 8.13. The summed E-state index contributed by atoms with van der Waals surface area (Å²) in [7, 11) is 0. The van der Waals surface area contributed by atoms with Crippen molar-refractivity contribution in [3.63, 3.8) is 0 Å². The molecule has 0 aromatic heterocycles. The quantitative estimate of drug-likeness (QED) is 0.432. The van der Waals surface area contributed by atoms with E-state index in [9.17, 15) is 14.9 Å². The topological polar surface area (TPSA) is 81.8 Å². The Balaban J connectivity index is 2.10. The number of halogens is 2. The largest absolute Gasteiger partial charge is 0.379 e. The summed E-state index contributed by atoms with van der Waals surface area (Å²) in [6, 6.07) is 14.5. The number of hydrogen-bond donors (Lipinski definition) is 0. The van der Waals surface area contributed by atoms with Crippen LogP contribution in [0.4, 0.5) is 4.39 Å². The highest BCUT2D eigenvalue weighted by Gasteiger charge is 2.59. The van der Waals surface area contributed by atoms with Crippen molar-refractivity contribution in [1.82, 2.24) is 0 Å². The Bertz CT molecular complexity index is 841. The Labute approximate surface area is 150 Å². The van der Waals surface area contributed by atoms with Crippen molar-refractivity contribution in [2.45, 2.75) is 11.6 Å². The summed E-state index contributed by atoms with van der Waals surface area (Å²) < 4.78 is 16.7. The van der Waals surface area contributed by atoms with E-state index in [4.69, 9.17) is 0 Å². The second-order valence-electron chi connectivity index (χ2n) is 5.52. The Hall–Kier alpha value is -2.61. The fourth-order valence-corrected chi connectivity index (χ4v) is 3.05. The van der Waals surface area contributed by atoms with Gasteiger partial charge in [0.2, 0.25) is 6.54 Å². The van der Waals surface area contributed by atoms with E-state index in [1.54, 1.807) is 54.6 Å². The van der Waals surface area contributed by atoms with Crippen molar-refractivity contribution in [3.8, 4) is 0 Å². The molecule has 0 saturated carbocycles. The first-order chi connectivity index (χ1) is 11.9. The van der Waals surface area contributed by atoms with Crippen LogP contribution in [0, 0.1) is 10.1 Å². The molecule has 0 radical (unpaired) electrons. The zero-order chi connectivity index (χ0) is 18.0. The number of oxime groups is 1. The molecule has 0 amide bonds. The van der Waals surface area contributed by atoms with Gasteiger partial charge in [0.15, 0.2) is 0 Å². The number of nitro groups is 1. The SMILES string of the molecule is O=C1ON=C(c2ccc(Br)cc2)[C@@]1(F)[C@H](C[N+](=O)[O-])c1ccccc1. The first kappa shape index (κ1) is 17.2. The maximum Gasteiger partial charge on any atom is 0.379 e. The lowest BCUT2D eigenvalue weighted by Gasteiger charge is -2.25. The summed E-state index contributed by atoms with van der Waals surface area (Å²) in [6.45, 7) is -0.773. The van der Waals surface area contributed by atoms with Crippen LogP contribution in [0.15, 0.2) is 64.2 Å². The maximum atomic E-state index is 15.9. The smallest absolute Gasteiger partial charge is 0.314 e. The first-order valence-electron chi connectivity index (χ1n) is 7.34. The van der Waals surface area contributed by atoms with E-state index >= 15 is 4.39 Å². The van der Waals surface area contributed by atoms with Crippen LogP contribution < -0.4 is 0 Å². The molecular formula is C17H12BrFN2O4. The van der Waals surface area contributed by atoms with Gasteiger partial charge in [-0.05, 0) is 17.7 Å². The van der Waals surface area contributed by atoms with Crippen LogP contribution in [0.5, 0.6) is 0 Å². The molecule has 1 aliphatic rings. The molecule has 0 aliphatic carbocycles. The van der Waals surface area contributed by atoms with Crippen LogP contribution in [0.3, 0.4) is 0 Å². The molecule has 1 aliphatic heterocycles. The lowest BCUT2D eigenvalue weighted by Crippen LogP contribution is -2.47. The van der Waals surface area contributed by atoms with E-state index in [0.717, 1.165) is 4.47 Å². The molecule has 0 saturated heterocycles. The van der Waals surface area contributed by atoms with Gasteiger partial charge in [0.05, 0.1) is 5.92 Å². The van der Waals surface area contributed by atoms with Gasteiger partial charge in [-0.2, -0.15) is 0 Å². The molecule has 0 spiro atoms. The van der Waals surface area contributed by atoms with E-state index in [1.807, 2.05) is 0 Å². The highest BCUT2D eigenvalue weighted by molar-refractivity contribution is 9.10. The van der Waals surface area contributed by atoms with Gasteiger partial charge in [-0.15, -0.1) is 0 Å². The summed E-state index contributed by atoms with van der Waals surface area (Å²) in [5.74, 6) is -2.61. The van der Waals surface area contributed by atoms with Gasteiger partial charge in [-0.25, -0.2) is 9.18 Å². The van der Waals surface area contributed by atoms with Crippen LogP contribution in [0.25, 0.3) is 0 Å². The average Bonchev–Trinajstić information content (AvgIpc) is 2.90. The van der Waals surface area contributed by atoms with Crippen LogP contribution >= 0.6 is 15.9 Å². The molecule has 25 heavy (non-hydrogen) atoms. The molecule has 2 aromatic rings. The minimum absolute atomic E-state index is 0.263. The van der Waals surface area contributed by atoms with Crippen LogP contribution in [0.1, 0.15) is 17.0 Å². The zero-order valence-electron chi connectivity index (χ0n) is 12.8. The molecular weight excluding hydrogens is 395 g/mol. The summed E-state index contributed by atoms with van der Waals surface area (Å²) in [6.07, 6.45) is 0. The zero-order valence-corrected chi connectivity index (χ0v) is 14.3. The highest BCUT2D eigenvalue weighted by Crippen LogP contribution is 2.40. The standard InChI is InChI=1S/C17H12BrFN2O4/c18-13-8-6-12(7-9-13)15-17(19,16(22)25-20-15)14(10-21(23)24)11-4-2-1-3-5-11/h1-9,14H,10H2/t14-,17+/m1/s1. The second-order valence-corrected chi connectivity index (χ2v) is 6.43. The van der Waals surface area contributed by atoms with Gasteiger partial charge in [-0.1, -0.05) is 63.6 Å². The molecule has 2 aromatic carbocycles. The average molecular weight is 407 g/mol. The predicted molar refractivity (Wildman–Crippen MR) is 91.7 cm³/mol. The van der Waals surface area contributed by atoms with Crippen molar-refractivity contribution in [2.75, 3.05) is 6.54 Å². The fourth-order valence-electron chi connectivity index (χ4n) is 2.79. The van der Waals surface area contributed by atoms with Gasteiger partial charge in [0, 0.05) is 15.0 Å². The summed E-state index contributed by atoms with van der Waals surface area (Å²) in [4.78, 5) is 27.3. The maximum absolute atomic E-state index is 15.9. The van der Waals surface area contributed by atoms with Gasteiger partial charge in [0.25, 0.3) is 5.67 Å². The number of carbonyl (C=O) groups excluding carboxylic acids is 1. The van der Waals surface area contributed by atoms with Gasteiger partial charge >= 0.3 is 5.97 Å². The Morgan fingerprint density at radius 2 is 1.84 bits per heavy atom. The van der Waals surface area contributed by atoms with Crippen LogP contribution in [-0.2, 0) is 9.63 Å². The van der Waals surface area contributed by atoms with Crippen molar-refractivity contribution in [1.29, 1.82) is 0 Å². The summed E-state index contributed by atoms with van der Waals surface area (Å²) >= 11 is 3.27. The predicted octanol–water partition coefficient (Wildman–Crippen LogP) is 3.48. The van der Waals surface area contributed by atoms with E-state index in [-0.39, 0.29) is 5.71 Å². The van der Waals surface area contributed by atoms with E-state index in [0.29, 0.717) is 11.1 Å². The van der Waals surface area contributed by atoms with Crippen molar-refractivity contribution in [2.24, 2.45) is 5.16 Å². The second kappa shape index (κ2) is 6.72. The molecule has 6 nitrogen and oxygen atoms in total. The fraction of sp³-hybridized carbons (Fsp3) is 0.176. The molecule has 0 unspecified atom stereocenters. The highest BCUT2D eigenvalue weighted by atomic mass is 79.9. The third kappa shape index (κ3) is 3.17. The number of carbonyl (C=O) groups is 1. The molecule has 0 fully saturated rings.